The van der Waals surface area contributed by atoms with Crippen molar-refractivity contribution in [1.82, 2.24) is 4.90 Å². The topological polar surface area (TPSA) is 23.5 Å². The van der Waals surface area contributed by atoms with E-state index in [-0.39, 0.29) is 0 Å². The van der Waals surface area contributed by atoms with Gasteiger partial charge < -0.3 is 5.11 Å². The van der Waals surface area contributed by atoms with Gasteiger partial charge in [0, 0.05) is 36.5 Å². The van der Waals surface area contributed by atoms with Crippen molar-refractivity contribution in [3.05, 3.63) is 22.4 Å². The van der Waals surface area contributed by atoms with Crippen LogP contribution in [0.3, 0.4) is 0 Å². The standard InChI is InChI=1S/C10H15NOS/c1-8(10-3-2-4-13-10)11-5-9(6-11)7-12/h2-4,8-9,12H,5-7H2,1H3/t8-/m1/s1. The van der Waals surface area contributed by atoms with Gasteiger partial charge in [0.15, 0.2) is 0 Å². The Bertz CT molecular complexity index is 254. The molecule has 0 unspecified atom stereocenters. The van der Waals surface area contributed by atoms with Gasteiger partial charge >= 0.3 is 0 Å². The molecule has 1 fully saturated rings. The maximum Gasteiger partial charge on any atom is 0.0483 e. The summed E-state index contributed by atoms with van der Waals surface area (Å²) in [6.45, 7) is 4.68. The largest absolute Gasteiger partial charge is 0.396 e. The lowest BCUT2D eigenvalue weighted by Gasteiger charge is -2.42. The fourth-order valence-electron chi connectivity index (χ4n) is 1.75. The molecule has 1 aromatic heterocycles. The second-order valence-electron chi connectivity index (χ2n) is 3.69. The van der Waals surface area contributed by atoms with Gasteiger partial charge in [0.05, 0.1) is 0 Å². The summed E-state index contributed by atoms with van der Waals surface area (Å²) in [7, 11) is 0. The van der Waals surface area contributed by atoms with Gasteiger partial charge in [-0.2, -0.15) is 0 Å². The minimum atomic E-state index is 0.341. The Labute approximate surface area is 82.8 Å². The maximum atomic E-state index is 8.89. The molecule has 0 bridgehead atoms. The summed E-state index contributed by atoms with van der Waals surface area (Å²) in [5.41, 5.74) is 0. The third-order valence-electron chi connectivity index (χ3n) is 2.75. The van der Waals surface area contributed by atoms with E-state index in [2.05, 4.69) is 29.3 Å². The highest BCUT2D eigenvalue weighted by atomic mass is 32.1. The molecule has 1 aliphatic rings. The Morgan fingerprint density at radius 2 is 2.46 bits per heavy atom. The third kappa shape index (κ3) is 1.77. The van der Waals surface area contributed by atoms with Crippen molar-refractivity contribution >= 4 is 11.3 Å². The van der Waals surface area contributed by atoms with Crippen LogP contribution >= 0.6 is 11.3 Å². The molecule has 0 amide bonds. The molecule has 1 N–H and O–H groups in total. The average molecular weight is 197 g/mol. The zero-order valence-electron chi connectivity index (χ0n) is 7.81. The van der Waals surface area contributed by atoms with Gasteiger partial charge in [-0.05, 0) is 18.4 Å². The van der Waals surface area contributed by atoms with E-state index in [1.165, 1.54) is 4.88 Å². The molecule has 0 spiro atoms. The van der Waals surface area contributed by atoms with E-state index < -0.39 is 0 Å². The molecule has 1 saturated heterocycles. The summed E-state index contributed by atoms with van der Waals surface area (Å²) >= 11 is 1.81. The second-order valence-corrected chi connectivity index (χ2v) is 4.67. The Hall–Kier alpha value is -0.380. The van der Waals surface area contributed by atoms with Crippen LogP contribution in [-0.2, 0) is 0 Å². The number of hydrogen-bond acceptors (Lipinski definition) is 3. The van der Waals surface area contributed by atoms with E-state index in [1.54, 1.807) is 0 Å². The van der Waals surface area contributed by atoms with Crippen molar-refractivity contribution in [1.29, 1.82) is 0 Å². The van der Waals surface area contributed by atoms with Crippen LogP contribution in [0, 0.1) is 5.92 Å². The first-order valence-electron chi connectivity index (χ1n) is 4.69. The van der Waals surface area contributed by atoms with Gasteiger partial charge in [0.25, 0.3) is 0 Å². The lowest BCUT2D eigenvalue weighted by molar-refractivity contribution is 0.0256. The van der Waals surface area contributed by atoms with Crippen LogP contribution in [0.25, 0.3) is 0 Å². The first kappa shape index (κ1) is 9.19. The Morgan fingerprint density at radius 1 is 1.69 bits per heavy atom. The number of rotatable bonds is 3. The van der Waals surface area contributed by atoms with Crippen LogP contribution in [0.1, 0.15) is 17.8 Å². The van der Waals surface area contributed by atoms with Gasteiger partial charge in [-0.15, -0.1) is 11.3 Å². The van der Waals surface area contributed by atoms with Gasteiger partial charge in [-0.25, -0.2) is 0 Å². The predicted molar refractivity (Wildman–Crippen MR) is 54.9 cm³/mol. The SMILES string of the molecule is C[C@H](c1cccs1)N1CC(CO)C1. The molecule has 13 heavy (non-hydrogen) atoms. The number of thiophene rings is 1. The molecule has 0 saturated carbocycles. The number of likely N-dealkylation sites (tertiary alicyclic amines) is 1. The second kappa shape index (κ2) is 3.78. The summed E-state index contributed by atoms with van der Waals surface area (Å²) in [5.74, 6) is 0.516. The van der Waals surface area contributed by atoms with Crippen LogP contribution in [-0.4, -0.2) is 29.7 Å². The molecule has 2 rings (SSSR count). The summed E-state index contributed by atoms with van der Waals surface area (Å²) in [4.78, 5) is 3.84. The monoisotopic (exact) mass is 197 g/mol. The van der Waals surface area contributed by atoms with Crippen molar-refractivity contribution in [2.24, 2.45) is 5.92 Å². The lowest BCUT2D eigenvalue weighted by Crippen LogP contribution is -2.49. The minimum Gasteiger partial charge on any atom is -0.396 e. The highest BCUT2D eigenvalue weighted by Crippen LogP contribution is 2.30. The first-order valence-corrected chi connectivity index (χ1v) is 5.57. The van der Waals surface area contributed by atoms with Gasteiger partial charge in [-0.3, -0.25) is 4.90 Å². The zero-order chi connectivity index (χ0) is 9.26. The molecule has 3 heteroatoms. The molecule has 72 valence electrons. The highest BCUT2D eigenvalue weighted by Gasteiger charge is 2.30. The first-order chi connectivity index (χ1) is 6.31. The van der Waals surface area contributed by atoms with E-state index in [0.29, 0.717) is 18.6 Å². The number of aliphatic hydroxyl groups is 1. The molecule has 1 aromatic rings. The highest BCUT2D eigenvalue weighted by molar-refractivity contribution is 7.10. The molecule has 0 aliphatic carbocycles. The van der Waals surface area contributed by atoms with Crippen molar-refractivity contribution < 1.29 is 5.11 Å². The molecule has 0 aromatic carbocycles. The van der Waals surface area contributed by atoms with Crippen LogP contribution in [0.4, 0.5) is 0 Å². The van der Waals surface area contributed by atoms with Gasteiger partial charge in [0.1, 0.15) is 0 Å². The number of aliphatic hydroxyl groups excluding tert-OH is 1. The normalized spacial score (nSPS) is 21.4. The fourth-order valence-corrected chi connectivity index (χ4v) is 2.57. The molecular weight excluding hydrogens is 182 g/mol. The van der Waals surface area contributed by atoms with E-state index >= 15 is 0 Å². The van der Waals surface area contributed by atoms with Gasteiger partial charge in [-0.1, -0.05) is 6.07 Å². The van der Waals surface area contributed by atoms with Crippen molar-refractivity contribution in [3.63, 3.8) is 0 Å². The van der Waals surface area contributed by atoms with E-state index in [9.17, 15) is 0 Å². The summed E-state index contributed by atoms with van der Waals surface area (Å²) < 4.78 is 0. The lowest BCUT2D eigenvalue weighted by atomic mass is 9.99. The van der Waals surface area contributed by atoms with Crippen LogP contribution in [0.5, 0.6) is 0 Å². The van der Waals surface area contributed by atoms with E-state index in [4.69, 9.17) is 5.11 Å². The van der Waals surface area contributed by atoms with Gasteiger partial charge in [0.2, 0.25) is 0 Å². The Kier molecular flexibility index (Phi) is 2.67. The van der Waals surface area contributed by atoms with Crippen molar-refractivity contribution in [3.8, 4) is 0 Å². The van der Waals surface area contributed by atoms with Crippen LogP contribution in [0.2, 0.25) is 0 Å². The summed E-state index contributed by atoms with van der Waals surface area (Å²) in [5, 5.41) is 11.0. The molecular formula is C10H15NOS. The molecule has 1 atom stereocenters. The quantitative estimate of drug-likeness (QED) is 0.797. The van der Waals surface area contributed by atoms with Crippen molar-refractivity contribution in [2.45, 2.75) is 13.0 Å². The smallest absolute Gasteiger partial charge is 0.0483 e. The molecule has 2 nitrogen and oxygen atoms in total. The zero-order valence-corrected chi connectivity index (χ0v) is 8.63. The minimum absolute atomic E-state index is 0.341. The summed E-state index contributed by atoms with van der Waals surface area (Å²) in [6.07, 6.45) is 0. The van der Waals surface area contributed by atoms with Crippen LogP contribution in [0.15, 0.2) is 17.5 Å². The van der Waals surface area contributed by atoms with Crippen molar-refractivity contribution in [2.75, 3.05) is 19.7 Å². The average Bonchev–Trinajstić information content (AvgIpc) is 2.53. The maximum absolute atomic E-state index is 8.89. The summed E-state index contributed by atoms with van der Waals surface area (Å²) in [6, 6.07) is 4.81. The Balaban J connectivity index is 1.90. The van der Waals surface area contributed by atoms with Crippen LogP contribution < -0.4 is 0 Å². The van der Waals surface area contributed by atoms with E-state index in [1.807, 2.05) is 11.3 Å². The predicted octanol–water partition coefficient (Wildman–Crippen LogP) is 1.73. The third-order valence-corrected chi connectivity index (χ3v) is 3.79. The molecule has 0 radical (unpaired) electrons. The number of hydrogen-bond donors (Lipinski definition) is 1. The molecule has 1 aliphatic heterocycles. The fraction of sp³-hybridized carbons (Fsp3) is 0.600. The van der Waals surface area contributed by atoms with E-state index in [0.717, 1.165) is 13.1 Å². The molecule has 2 heterocycles. The Morgan fingerprint density at radius 3 is 3.00 bits per heavy atom. The number of nitrogens with zero attached hydrogens (tertiary/aromatic N) is 1.